The van der Waals surface area contributed by atoms with Gasteiger partial charge < -0.3 is 10.2 Å². The summed E-state index contributed by atoms with van der Waals surface area (Å²) < 4.78 is 0. The summed E-state index contributed by atoms with van der Waals surface area (Å²) in [5.41, 5.74) is 2.85. The molecule has 1 atom stereocenters. The Morgan fingerprint density at radius 1 is 0.909 bits per heavy atom. The van der Waals surface area contributed by atoms with Gasteiger partial charge in [0.25, 0.3) is 0 Å². The lowest BCUT2D eigenvalue weighted by Gasteiger charge is -2.36. The van der Waals surface area contributed by atoms with E-state index in [2.05, 4.69) is 57.6 Å². The third kappa shape index (κ3) is 4.63. The molecule has 2 heterocycles. The molecular weight excluding hydrogens is 412 g/mol. The van der Waals surface area contributed by atoms with Gasteiger partial charge in [-0.1, -0.05) is 54.6 Å². The standard InChI is InChI=1S/C27H30N4O2/c1-20-17-26(32)28-24-11-4-5-12-25(24)31(20)27(33)19-30-15-13-29(14-16-30)18-22-9-6-8-21-7-2-3-10-23(21)22/h2-12,20H,13-19H2,1H3,(H,28,32). The molecule has 0 radical (unpaired) electrons. The number of carbonyl (C=O) groups excluding carboxylic acids is 2. The predicted octanol–water partition coefficient (Wildman–Crippen LogP) is 3.72. The van der Waals surface area contributed by atoms with Crippen molar-refractivity contribution in [2.24, 2.45) is 0 Å². The zero-order chi connectivity index (χ0) is 22.8. The fourth-order valence-corrected chi connectivity index (χ4v) is 5.01. The van der Waals surface area contributed by atoms with Gasteiger partial charge in [0.05, 0.1) is 17.9 Å². The van der Waals surface area contributed by atoms with Crippen molar-refractivity contribution in [1.82, 2.24) is 9.80 Å². The Kier molecular flexibility index (Phi) is 6.11. The highest BCUT2D eigenvalue weighted by Crippen LogP contribution is 2.31. The van der Waals surface area contributed by atoms with Gasteiger partial charge in [-0.3, -0.25) is 19.4 Å². The number of fused-ring (bicyclic) bond motifs is 2. The van der Waals surface area contributed by atoms with Crippen molar-refractivity contribution >= 4 is 34.0 Å². The van der Waals surface area contributed by atoms with Crippen LogP contribution in [0.4, 0.5) is 11.4 Å². The van der Waals surface area contributed by atoms with Crippen molar-refractivity contribution in [2.75, 3.05) is 42.9 Å². The average Bonchev–Trinajstić information content (AvgIpc) is 2.94. The van der Waals surface area contributed by atoms with E-state index >= 15 is 0 Å². The molecule has 1 unspecified atom stereocenters. The van der Waals surface area contributed by atoms with E-state index in [1.165, 1.54) is 16.3 Å². The number of anilines is 2. The summed E-state index contributed by atoms with van der Waals surface area (Å²) in [6.07, 6.45) is 0.305. The molecule has 2 aliphatic heterocycles. The first-order valence-corrected chi connectivity index (χ1v) is 11.7. The zero-order valence-electron chi connectivity index (χ0n) is 19.0. The van der Waals surface area contributed by atoms with Crippen LogP contribution in [0.15, 0.2) is 66.7 Å². The molecule has 0 aromatic heterocycles. The first kappa shape index (κ1) is 21.6. The number of hydrogen-bond donors (Lipinski definition) is 1. The first-order chi connectivity index (χ1) is 16.1. The smallest absolute Gasteiger partial charge is 0.241 e. The van der Waals surface area contributed by atoms with E-state index in [4.69, 9.17) is 0 Å². The highest BCUT2D eigenvalue weighted by atomic mass is 16.2. The van der Waals surface area contributed by atoms with Crippen LogP contribution in [0, 0.1) is 0 Å². The van der Waals surface area contributed by atoms with Crippen molar-refractivity contribution in [1.29, 1.82) is 0 Å². The molecule has 33 heavy (non-hydrogen) atoms. The molecule has 1 N–H and O–H groups in total. The number of benzene rings is 3. The fraction of sp³-hybridized carbons (Fsp3) is 0.333. The quantitative estimate of drug-likeness (QED) is 0.669. The molecule has 5 rings (SSSR count). The van der Waals surface area contributed by atoms with Gasteiger partial charge in [0.15, 0.2) is 0 Å². The lowest BCUT2D eigenvalue weighted by Crippen LogP contribution is -2.51. The number of hydrogen-bond acceptors (Lipinski definition) is 4. The number of carbonyl (C=O) groups is 2. The monoisotopic (exact) mass is 442 g/mol. The highest BCUT2D eigenvalue weighted by Gasteiger charge is 2.31. The van der Waals surface area contributed by atoms with Crippen LogP contribution in [-0.4, -0.2) is 60.4 Å². The van der Waals surface area contributed by atoms with Crippen molar-refractivity contribution in [3.63, 3.8) is 0 Å². The minimum Gasteiger partial charge on any atom is -0.324 e. The van der Waals surface area contributed by atoms with E-state index in [1.807, 2.05) is 31.2 Å². The summed E-state index contributed by atoms with van der Waals surface area (Å²) >= 11 is 0. The third-order valence-electron chi connectivity index (χ3n) is 6.73. The van der Waals surface area contributed by atoms with Crippen LogP contribution in [0.5, 0.6) is 0 Å². The molecule has 3 aromatic rings. The Morgan fingerprint density at radius 2 is 1.61 bits per heavy atom. The molecule has 1 saturated heterocycles. The van der Waals surface area contributed by atoms with Gasteiger partial charge in [-0.15, -0.1) is 0 Å². The Labute approximate surface area is 194 Å². The van der Waals surface area contributed by atoms with Crippen LogP contribution in [0.3, 0.4) is 0 Å². The Morgan fingerprint density at radius 3 is 2.45 bits per heavy atom. The summed E-state index contributed by atoms with van der Waals surface area (Å²) in [5.74, 6) is 0.00116. The Bertz CT molecular complexity index is 1160. The molecule has 6 nitrogen and oxygen atoms in total. The van der Waals surface area contributed by atoms with Gasteiger partial charge >= 0.3 is 0 Å². The second kappa shape index (κ2) is 9.33. The van der Waals surface area contributed by atoms with Crippen LogP contribution in [0.2, 0.25) is 0 Å². The molecule has 2 amide bonds. The van der Waals surface area contributed by atoms with Crippen LogP contribution >= 0.6 is 0 Å². The Balaban J connectivity index is 1.22. The molecule has 0 spiro atoms. The largest absolute Gasteiger partial charge is 0.324 e. The van der Waals surface area contributed by atoms with Crippen molar-refractivity contribution in [3.05, 3.63) is 72.3 Å². The van der Waals surface area contributed by atoms with E-state index in [0.717, 1.165) is 38.4 Å². The molecule has 3 aromatic carbocycles. The van der Waals surface area contributed by atoms with Crippen molar-refractivity contribution in [3.8, 4) is 0 Å². The van der Waals surface area contributed by atoms with E-state index in [0.29, 0.717) is 18.7 Å². The number of rotatable bonds is 4. The van der Waals surface area contributed by atoms with E-state index in [9.17, 15) is 9.59 Å². The summed E-state index contributed by atoms with van der Waals surface area (Å²) in [5, 5.41) is 5.52. The maximum absolute atomic E-state index is 13.3. The van der Waals surface area contributed by atoms with Gasteiger partial charge in [0.1, 0.15) is 0 Å². The highest BCUT2D eigenvalue weighted by molar-refractivity contribution is 6.04. The number of amides is 2. The van der Waals surface area contributed by atoms with Gasteiger partial charge in [-0.05, 0) is 35.4 Å². The summed E-state index contributed by atoms with van der Waals surface area (Å²) in [6, 6.07) is 22.4. The van der Waals surface area contributed by atoms with Gasteiger partial charge in [0.2, 0.25) is 11.8 Å². The minimum absolute atomic E-state index is 0.0488. The fourth-order valence-electron chi connectivity index (χ4n) is 5.01. The summed E-state index contributed by atoms with van der Waals surface area (Å²) in [7, 11) is 0. The van der Waals surface area contributed by atoms with Gasteiger partial charge in [-0.25, -0.2) is 0 Å². The van der Waals surface area contributed by atoms with Crippen molar-refractivity contribution in [2.45, 2.75) is 25.9 Å². The van der Waals surface area contributed by atoms with Crippen LogP contribution in [0.25, 0.3) is 10.8 Å². The number of piperazine rings is 1. The maximum Gasteiger partial charge on any atom is 0.241 e. The third-order valence-corrected chi connectivity index (χ3v) is 6.73. The van der Waals surface area contributed by atoms with Gasteiger partial charge in [-0.2, -0.15) is 0 Å². The maximum atomic E-state index is 13.3. The second-order valence-electron chi connectivity index (χ2n) is 9.07. The summed E-state index contributed by atoms with van der Waals surface area (Å²) in [4.78, 5) is 32.1. The van der Waals surface area contributed by atoms with Crippen LogP contribution in [0.1, 0.15) is 18.9 Å². The normalized spacial score (nSPS) is 19.7. The lowest BCUT2D eigenvalue weighted by atomic mass is 10.0. The molecule has 0 saturated carbocycles. The topological polar surface area (TPSA) is 55.9 Å². The average molecular weight is 443 g/mol. The molecular formula is C27H30N4O2. The van der Waals surface area contributed by atoms with Crippen LogP contribution in [-0.2, 0) is 16.1 Å². The zero-order valence-corrected chi connectivity index (χ0v) is 19.0. The molecule has 0 aliphatic carbocycles. The molecule has 6 heteroatoms. The summed E-state index contributed by atoms with van der Waals surface area (Å²) in [6.45, 7) is 6.82. The molecule has 170 valence electrons. The number of nitrogens with zero attached hydrogens (tertiary/aromatic N) is 3. The molecule has 2 aliphatic rings. The van der Waals surface area contributed by atoms with Crippen molar-refractivity contribution < 1.29 is 9.59 Å². The van der Waals surface area contributed by atoms with E-state index in [1.54, 1.807) is 4.90 Å². The number of nitrogens with one attached hydrogen (secondary N) is 1. The lowest BCUT2D eigenvalue weighted by molar-refractivity contribution is -0.120. The van der Waals surface area contributed by atoms with Gasteiger partial charge in [0, 0.05) is 45.2 Å². The first-order valence-electron chi connectivity index (χ1n) is 11.7. The van der Waals surface area contributed by atoms with E-state index < -0.39 is 0 Å². The number of para-hydroxylation sites is 2. The molecule has 0 bridgehead atoms. The second-order valence-corrected chi connectivity index (χ2v) is 9.07. The van der Waals surface area contributed by atoms with Crippen LogP contribution < -0.4 is 10.2 Å². The van der Waals surface area contributed by atoms with E-state index in [-0.39, 0.29) is 17.9 Å². The minimum atomic E-state index is -0.172. The molecule has 1 fully saturated rings. The Hall–Kier alpha value is -3.22. The SMILES string of the molecule is CC1CC(=O)Nc2ccccc2N1C(=O)CN1CCN(Cc2cccc3ccccc23)CC1. The predicted molar refractivity (Wildman–Crippen MR) is 132 cm³/mol.